The van der Waals surface area contributed by atoms with Crippen LogP contribution in [0.2, 0.25) is 5.02 Å². The van der Waals surface area contributed by atoms with Crippen molar-refractivity contribution in [1.82, 2.24) is 20.3 Å². The van der Waals surface area contributed by atoms with Gasteiger partial charge in [0.25, 0.3) is 5.89 Å². The summed E-state index contributed by atoms with van der Waals surface area (Å²) in [6.07, 6.45) is 1.28. The molecule has 0 aliphatic heterocycles. The topological polar surface area (TPSA) is 87.1 Å². The van der Waals surface area contributed by atoms with E-state index in [0.29, 0.717) is 33.9 Å². The summed E-state index contributed by atoms with van der Waals surface area (Å²) in [4.78, 5) is 4.29. The summed E-state index contributed by atoms with van der Waals surface area (Å²) < 4.78 is 16.0. The summed E-state index contributed by atoms with van der Waals surface area (Å²) in [5.74, 6) is 1.90. The summed E-state index contributed by atoms with van der Waals surface area (Å²) in [7, 11) is 0. The number of hydrogen-bond acceptors (Lipinski definition) is 7. The molecule has 0 aliphatic rings. The Balaban J connectivity index is 1.43. The van der Waals surface area contributed by atoms with E-state index in [0.717, 1.165) is 5.56 Å². The minimum atomic E-state index is 0.174. The van der Waals surface area contributed by atoms with E-state index in [-0.39, 0.29) is 6.61 Å². The Morgan fingerprint density at radius 3 is 2.60 bits per heavy atom. The molecule has 2 aromatic carbocycles. The first kappa shape index (κ1) is 15.3. The van der Waals surface area contributed by atoms with Gasteiger partial charge in [-0.05, 0) is 36.4 Å². The molecule has 0 N–H and O–H groups in total. The third-order valence-electron chi connectivity index (χ3n) is 3.40. The molecule has 4 rings (SSSR count). The summed E-state index contributed by atoms with van der Waals surface area (Å²) >= 11 is 6.12. The van der Waals surface area contributed by atoms with Crippen LogP contribution in [0, 0.1) is 0 Å². The second-order valence-corrected chi connectivity index (χ2v) is 5.46. The van der Waals surface area contributed by atoms with E-state index in [1.54, 1.807) is 18.2 Å². The molecule has 0 bridgehead atoms. The first-order valence-electron chi connectivity index (χ1n) is 7.36. The Labute approximate surface area is 147 Å². The molecule has 0 saturated heterocycles. The lowest BCUT2D eigenvalue weighted by atomic mass is 10.2. The largest absolute Gasteiger partial charge is 0.485 e. The smallest absolute Gasteiger partial charge is 0.259 e. The predicted octanol–water partition coefficient (Wildman–Crippen LogP) is 4.02. The van der Waals surface area contributed by atoms with Gasteiger partial charge in [-0.2, -0.15) is 4.98 Å². The Kier molecular flexibility index (Phi) is 4.14. The first-order chi connectivity index (χ1) is 12.3. The molecule has 0 fully saturated rings. The van der Waals surface area contributed by atoms with E-state index >= 15 is 0 Å². The van der Waals surface area contributed by atoms with Crippen LogP contribution in [0.3, 0.4) is 0 Å². The van der Waals surface area contributed by atoms with Crippen molar-refractivity contribution >= 4 is 11.6 Å². The highest BCUT2D eigenvalue weighted by Gasteiger charge is 2.12. The molecule has 0 amide bonds. The Hall–Kier alpha value is -3.19. The molecule has 0 radical (unpaired) electrons. The average Bonchev–Trinajstić information content (AvgIpc) is 3.33. The van der Waals surface area contributed by atoms with Crippen molar-refractivity contribution in [2.24, 2.45) is 0 Å². The number of aromatic nitrogens is 4. The Bertz CT molecular complexity index is 968. The monoisotopic (exact) mass is 354 g/mol. The summed E-state index contributed by atoms with van der Waals surface area (Å²) in [6.45, 7) is 0.174. The first-order valence-corrected chi connectivity index (χ1v) is 7.74. The molecular formula is C17H11ClN4O3. The van der Waals surface area contributed by atoms with E-state index in [2.05, 4.69) is 20.3 Å². The second-order valence-electron chi connectivity index (χ2n) is 5.05. The van der Waals surface area contributed by atoms with Crippen LogP contribution in [-0.2, 0) is 6.61 Å². The van der Waals surface area contributed by atoms with Gasteiger partial charge in [-0.25, -0.2) is 0 Å². The molecule has 0 aliphatic carbocycles. The molecule has 4 aromatic rings. The van der Waals surface area contributed by atoms with Crippen molar-refractivity contribution in [3.63, 3.8) is 0 Å². The van der Waals surface area contributed by atoms with Gasteiger partial charge in [0.15, 0.2) is 6.61 Å². The molecule has 124 valence electrons. The van der Waals surface area contributed by atoms with Gasteiger partial charge in [-0.1, -0.05) is 28.9 Å². The number of nitrogens with zero attached hydrogens (tertiary/aromatic N) is 4. The minimum absolute atomic E-state index is 0.174. The molecule has 0 atom stereocenters. The van der Waals surface area contributed by atoms with Crippen molar-refractivity contribution in [1.29, 1.82) is 0 Å². The van der Waals surface area contributed by atoms with Crippen molar-refractivity contribution in [2.45, 2.75) is 6.61 Å². The van der Waals surface area contributed by atoms with Crippen LogP contribution in [0.1, 0.15) is 5.82 Å². The van der Waals surface area contributed by atoms with Crippen LogP contribution >= 0.6 is 11.6 Å². The number of benzene rings is 2. The van der Waals surface area contributed by atoms with E-state index in [1.807, 2.05) is 30.3 Å². The molecule has 8 heteroatoms. The lowest BCUT2D eigenvalue weighted by Gasteiger charge is -2.03. The molecule has 2 aromatic heterocycles. The fourth-order valence-electron chi connectivity index (χ4n) is 2.20. The average molecular weight is 355 g/mol. The number of hydrogen-bond donors (Lipinski definition) is 0. The van der Waals surface area contributed by atoms with Crippen molar-refractivity contribution in [3.05, 3.63) is 65.8 Å². The number of ether oxygens (including phenoxy) is 1. The van der Waals surface area contributed by atoms with Gasteiger partial charge in [0, 0.05) is 5.56 Å². The van der Waals surface area contributed by atoms with Gasteiger partial charge in [-0.15, -0.1) is 10.2 Å². The quantitative estimate of drug-likeness (QED) is 0.534. The highest BCUT2D eigenvalue weighted by Crippen LogP contribution is 2.26. The van der Waals surface area contributed by atoms with Gasteiger partial charge in [0.2, 0.25) is 18.1 Å². The zero-order valence-corrected chi connectivity index (χ0v) is 13.6. The van der Waals surface area contributed by atoms with Crippen LogP contribution in [0.4, 0.5) is 0 Å². The molecule has 7 nitrogen and oxygen atoms in total. The molecular weight excluding hydrogens is 344 g/mol. The van der Waals surface area contributed by atoms with E-state index in [4.69, 9.17) is 25.3 Å². The van der Waals surface area contributed by atoms with Crippen LogP contribution in [0.15, 0.2) is 63.9 Å². The molecule has 0 saturated carbocycles. The van der Waals surface area contributed by atoms with Crippen molar-refractivity contribution < 1.29 is 13.7 Å². The summed E-state index contributed by atoms with van der Waals surface area (Å²) in [5.41, 5.74) is 1.50. The van der Waals surface area contributed by atoms with E-state index in [1.165, 1.54) is 6.39 Å². The lowest BCUT2D eigenvalue weighted by Crippen LogP contribution is -1.97. The lowest BCUT2D eigenvalue weighted by molar-refractivity contribution is 0.287. The number of halogens is 1. The molecule has 25 heavy (non-hydrogen) atoms. The zero-order chi connectivity index (χ0) is 17.1. The van der Waals surface area contributed by atoms with Crippen molar-refractivity contribution in [3.8, 4) is 28.7 Å². The summed E-state index contributed by atoms with van der Waals surface area (Å²) in [5, 5.41) is 11.9. The van der Waals surface area contributed by atoms with Gasteiger partial charge in [-0.3, -0.25) is 0 Å². The summed E-state index contributed by atoms with van der Waals surface area (Å²) in [6, 6.07) is 14.5. The molecule has 0 spiro atoms. The maximum atomic E-state index is 6.12. The molecule has 2 heterocycles. The van der Waals surface area contributed by atoms with E-state index in [9.17, 15) is 0 Å². The normalized spacial score (nSPS) is 10.8. The SMILES string of the molecule is Clc1ccccc1-c1nc(COc2ccc(-c3nnco3)cc2)no1. The number of rotatable bonds is 5. The highest BCUT2D eigenvalue weighted by atomic mass is 35.5. The maximum Gasteiger partial charge on any atom is 0.259 e. The predicted molar refractivity (Wildman–Crippen MR) is 88.8 cm³/mol. The van der Waals surface area contributed by atoms with Crippen LogP contribution in [0.5, 0.6) is 5.75 Å². The van der Waals surface area contributed by atoms with Crippen LogP contribution in [-0.4, -0.2) is 20.3 Å². The van der Waals surface area contributed by atoms with Gasteiger partial charge >= 0.3 is 0 Å². The zero-order valence-electron chi connectivity index (χ0n) is 12.8. The van der Waals surface area contributed by atoms with E-state index < -0.39 is 0 Å². The van der Waals surface area contributed by atoms with Gasteiger partial charge in [0.1, 0.15) is 5.75 Å². The highest BCUT2D eigenvalue weighted by molar-refractivity contribution is 6.33. The van der Waals surface area contributed by atoms with Gasteiger partial charge < -0.3 is 13.7 Å². The fourth-order valence-corrected chi connectivity index (χ4v) is 2.41. The van der Waals surface area contributed by atoms with Crippen LogP contribution in [0.25, 0.3) is 22.9 Å². The minimum Gasteiger partial charge on any atom is -0.485 e. The Morgan fingerprint density at radius 2 is 1.84 bits per heavy atom. The second kappa shape index (κ2) is 6.74. The maximum absolute atomic E-state index is 6.12. The van der Waals surface area contributed by atoms with Crippen molar-refractivity contribution in [2.75, 3.05) is 0 Å². The third kappa shape index (κ3) is 3.36. The molecule has 0 unspecified atom stereocenters. The fraction of sp³-hybridized carbons (Fsp3) is 0.0588. The third-order valence-corrected chi connectivity index (χ3v) is 3.73. The van der Waals surface area contributed by atoms with Crippen LogP contribution < -0.4 is 4.74 Å². The van der Waals surface area contributed by atoms with Gasteiger partial charge in [0.05, 0.1) is 10.6 Å². The standard InChI is InChI=1S/C17H11ClN4O3/c18-14-4-2-1-3-13(14)17-20-15(22-25-17)9-23-12-7-5-11(6-8-12)16-21-19-10-24-16/h1-8,10H,9H2. The Morgan fingerprint density at radius 1 is 1.00 bits per heavy atom.